The molecule has 0 spiro atoms. The van der Waals surface area contributed by atoms with Gasteiger partial charge in [-0.1, -0.05) is 18.2 Å². The van der Waals surface area contributed by atoms with E-state index < -0.39 is 6.10 Å². The van der Waals surface area contributed by atoms with E-state index in [4.69, 9.17) is 4.74 Å². The highest BCUT2D eigenvalue weighted by Crippen LogP contribution is 2.11. The average Bonchev–Trinajstić information content (AvgIpc) is 2.18. The molecule has 0 saturated heterocycles. The number of rotatable bonds is 3. The van der Waals surface area contributed by atoms with Gasteiger partial charge in [-0.25, -0.2) is 0 Å². The number of carbonyl (C=O) groups is 1. The van der Waals surface area contributed by atoms with E-state index in [9.17, 15) is 4.79 Å². The Morgan fingerprint density at radius 3 is 2.36 bits per heavy atom. The van der Waals surface area contributed by atoms with E-state index in [2.05, 4.69) is 0 Å². The van der Waals surface area contributed by atoms with Gasteiger partial charge in [-0.3, -0.25) is 4.79 Å². The Hall–Kier alpha value is -1.51. The third kappa shape index (κ3) is 2.76. The number of hydrogen-bond acceptors (Lipinski definition) is 2. The minimum Gasteiger partial charge on any atom is -0.481 e. The van der Waals surface area contributed by atoms with Gasteiger partial charge in [0.25, 0.3) is 5.91 Å². The smallest absolute Gasteiger partial charge is 0.262 e. The van der Waals surface area contributed by atoms with Gasteiger partial charge in [0, 0.05) is 14.1 Å². The Morgan fingerprint density at radius 1 is 1.29 bits per heavy atom. The second kappa shape index (κ2) is 4.65. The number of nitrogens with zero attached hydrogens (tertiary/aromatic N) is 1. The van der Waals surface area contributed by atoms with Crippen LogP contribution in [-0.2, 0) is 4.79 Å². The molecule has 0 radical (unpaired) electrons. The Kier molecular flexibility index (Phi) is 3.51. The molecule has 0 aliphatic heterocycles. The molecule has 1 aromatic rings. The van der Waals surface area contributed by atoms with E-state index in [1.54, 1.807) is 21.0 Å². The van der Waals surface area contributed by atoms with E-state index in [0.29, 0.717) is 0 Å². The first-order valence-corrected chi connectivity index (χ1v) is 4.54. The summed E-state index contributed by atoms with van der Waals surface area (Å²) in [4.78, 5) is 13.0. The summed E-state index contributed by atoms with van der Waals surface area (Å²) in [7, 11) is 3.43. The van der Waals surface area contributed by atoms with Crippen molar-refractivity contribution in [3.8, 4) is 5.75 Å². The van der Waals surface area contributed by atoms with Crippen LogP contribution in [0, 0.1) is 0 Å². The zero-order chi connectivity index (χ0) is 10.6. The highest BCUT2D eigenvalue weighted by molar-refractivity contribution is 5.80. The Morgan fingerprint density at radius 2 is 1.86 bits per heavy atom. The molecule has 1 rings (SSSR count). The Labute approximate surface area is 84.3 Å². The molecule has 3 nitrogen and oxygen atoms in total. The van der Waals surface area contributed by atoms with Crippen molar-refractivity contribution in [3.63, 3.8) is 0 Å². The fourth-order valence-corrected chi connectivity index (χ4v) is 1.12. The van der Waals surface area contributed by atoms with Gasteiger partial charge in [0.1, 0.15) is 5.75 Å². The summed E-state index contributed by atoms with van der Waals surface area (Å²) in [6.45, 7) is 1.75. The molecule has 1 aromatic carbocycles. The summed E-state index contributed by atoms with van der Waals surface area (Å²) >= 11 is 0. The second-order valence-corrected chi connectivity index (χ2v) is 3.31. The second-order valence-electron chi connectivity index (χ2n) is 3.31. The molecule has 0 aliphatic rings. The number of benzene rings is 1. The monoisotopic (exact) mass is 193 g/mol. The highest BCUT2D eigenvalue weighted by Gasteiger charge is 2.15. The van der Waals surface area contributed by atoms with Gasteiger partial charge in [0.2, 0.25) is 0 Å². The molecular formula is C11H15NO2. The van der Waals surface area contributed by atoms with Crippen molar-refractivity contribution in [2.45, 2.75) is 13.0 Å². The van der Waals surface area contributed by atoms with Crippen molar-refractivity contribution in [3.05, 3.63) is 30.3 Å². The molecule has 0 heterocycles. The largest absolute Gasteiger partial charge is 0.481 e. The molecule has 1 unspecified atom stereocenters. The molecule has 3 heteroatoms. The van der Waals surface area contributed by atoms with Crippen LogP contribution in [0.1, 0.15) is 6.92 Å². The Bertz CT molecular complexity index is 295. The van der Waals surface area contributed by atoms with Gasteiger partial charge >= 0.3 is 0 Å². The molecule has 0 bridgehead atoms. The summed E-state index contributed by atoms with van der Waals surface area (Å²) in [6.07, 6.45) is -0.438. The number of para-hydroxylation sites is 1. The third-order valence-corrected chi connectivity index (χ3v) is 1.84. The molecule has 1 amide bonds. The lowest BCUT2D eigenvalue weighted by atomic mass is 10.3. The molecule has 76 valence electrons. The zero-order valence-corrected chi connectivity index (χ0v) is 8.73. The molecule has 0 aromatic heterocycles. The molecular weight excluding hydrogens is 178 g/mol. The highest BCUT2D eigenvalue weighted by atomic mass is 16.5. The van der Waals surface area contributed by atoms with Crippen molar-refractivity contribution in [2.75, 3.05) is 14.1 Å². The maximum Gasteiger partial charge on any atom is 0.262 e. The maximum atomic E-state index is 11.4. The van der Waals surface area contributed by atoms with E-state index >= 15 is 0 Å². The lowest BCUT2D eigenvalue weighted by Gasteiger charge is -2.18. The number of carbonyl (C=O) groups excluding carboxylic acids is 1. The molecule has 0 saturated carbocycles. The van der Waals surface area contributed by atoms with Gasteiger partial charge in [0.05, 0.1) is 0 Å². The molecule has 0 N–H and O–H groups in total. The van der Waals surface area contributed by atoms with E-state index in [1.807, 2.05) is 30.3 Å². The number of likely N-dealkylation sites (N-methyl/N-ethyl adjacent to an activating group) is 1. The Balaban J connectivity index is 2.57. The van der Waals surface area contributed by atoms with Crippen LogP contribution in [0.3, 0.4) is 0 Å². The summed E-state index contributed by atoms with van der Waals surface area (Å²) in [5, 5.41) is 0. The fourth-order valence-electron chi connectivity index (χ4n) is 1.12. The van der Waals surface area contributed by atoms with Crippen LogP contribution in [0.5, 0.6) is 5.75 Å². The zero-order valence-electron chi connectivity index (χ0n) is 8.73. The predicted octanol–water partition coefficient (Wildman–Crippen LogP) is 1.54. The van der Waals surface area contributed by atoms with Gasteiger partial charge < -0.3 is 9.64 Å². The lowest BCUT2D eigenvalue weighted by Crippen LogP contribution is -2.35. The first-order chi connectivity index (χ1) is 6.61. The summed E-state index contributed by atoms with van der Waals surface area (Å²) in [6, 6.07) is 9.33. The first kappa shape index (κ1) is 10.6. The van der Waals surface area contributed by atoms with Crippen LogP contribution in [0.25, 0.3) is 0 Å². The third-order valence-electron chi connectivity index (χ3n) is 1.84. The van der Waals surface area contributed by atoms with Crippen LogP contribution in [0.2, 0.25) is 0 Å². The molecule has 1 atom stereocenters. The quantitative estimate of drug-likeness (QED) is 0.728. The minimum atomic E-state index is -0.438. The van der Waals surface area contributed by atoms with Gasteiger partial charge in [-0.15, -0.1) is 0 Å². The lowest BCUT2D eigenvalue weighted by molar-refractivity contribution is -0.135. The topological polar surface area (TPSA) is 29.5 Å². The maximum absolute atomic E-state index is 11.4. The number of hydrogen-bond donors (Lipinski definition) is 0. The van der Waals surface area contributed by atoms with Crippen LogP contribution < -0.4 is 4.74 Å². The van der Waals surface area contributed by atoms with Crippen LogP contribution in [-0.4, -0.2) is 31.0 Å². The normalized spacial score (nSPS) is 11.9. The van der Waals surface area contributed by atoms with E-state index in [1.165, 1.54) is 4.90 Å². The van der Waals surface area contributed by atoms with Crippen LogP contribution >= 0.6 is 0 Å². The van der Waals surface area contributed by atoms with E-state index in [-0.39, 0.29) is 5.91 Å². The van der Waals surface area contributed by atoms with Crippen molar-refractivity contribution >= 4 is 5.91 Å². The first-order valence-electron chi connectivity index (χ1n) is 4.54. The van der Waals surface area contributed by atoms with Crippen molar-refractivity contribution in [1.82, 2.24) is 4.90 Å². The number of amides is 1. The van der Waals surface area contributed by atoms with Gasteiger partial charge in [-0.05, 0) is 19.1 Å². The van der Waals surface area contributed by atoms with Crippen molar-refractivity contribution < 1.29 is 9.53 Å². The summed E-state index contributed by atoms with van der Waals surface area (Å²) < 4.78 is 5.45. The van der Waals surface area contributed by atoms with Crippen LogP contribution in [0.4, 0.5) is 0 Å². The minimum absolute atomic E-state index is 0.0335. The molecule has 0 aliphatic carbocycles. The standard InChI is InChI=1S/C11H15NO2/c1-9(11(13)12(2)3)14-10-7-5-4-6-8-10/h4-9H,1-3H3. The van der Waals surface area contributed by atoms with Crippen LogP contribution in [0.15, 0.2) is 30.3 Å². The SMILES string of the molecule is CC(Oc1ccccc1)C(=O)N(C)C. The van der Waals surface area contributed by atoms with Crippen molar-refractivity contribution in [2.24, 2.45) is 0 Å². The summed E-state index contributed by atoms with van der Waals surface area (Å²) in [5.41, 5.74) is 0. The van der Waals surface area contributed by atoms with Crippen molar-refractivity contribution in [1.29, 1.82) is 0 Å². The molecule has 14 heavy (non-hydrogen) atoms. The molecule has 0 fully saturated rings. The van der Waals surface area contributed by atoms with E-state index in [0.717, 1.165) is 5.75 Å². The predicted molar refractivity (Wildman–Crippen MR) is 55.2 cm³/mol. The average molecular weight is 193 g/mol. The van der Waals surface area contributed by atoms with Gasteiger partial charge in [0.15, 0.2) is 6.10 Å². The summed E-state index contributed by atoms with van der Waals surface area (Å²) in [5.74, 6) is 0.684. The number of ether oxygens (including phenoxy) is 1. The fraction of sp³-hybridized carbons (Fsp3) is 0.364. The van der Waals surface area contributed by atoms with Gasteiger partial charge in [-0.2, -0.15) is 0 Å².